The van der Waals surface area contributed by atoms with Crippen LogP contribution in [0.25, 0.3) is 0 Å². The summed E-state index contributed by atoms with van der Waals surface area (Å²) in [7, 11) is 1.84. The highest BCUT2D eigenvalue weighted by atomic mass is 19.1. The van der Waals surface area contributed by atoms with Crippen molar-refractivity contribution in [3.63, 3.8) is 0 Å². The van der Waals surface area contributed by atoms with Crippen molar-refractivity contribution < 1.29 is 19.1 Å². The lowest BCUT2D eigenvalue weighted by Crippen LogP contribution is -2.25. The fourth-order valence-electron chi connectivity index (χ4n) is 1.95. The number of hydrogen-bond donors (Lipinski definition) is 3. The molecule has 0 aliphatic heterocycles. The van der Waals surface area contributed by atoms with Crippen molar-refractivity contribution in [2.24, 2.45) is 5.41 Å². The number of carbonyl (C=O) groups is 2. The Labute approximate surface area is 139 Å². The molecule has 0 bridgehead atoms. The van der Waals surface area contributed by atoms with Crippen molar-refractivity contribution >= 4 is 23.6 Å². The Morgan fingerprint density at radius 1 is 1.08 bits per heavy atom. The number of benzene rings is 2. The maximum Gasteiger partial charge on any atom is 0.237 e. The van der Waals surface area contributed by atoms with Crippen LogP contribution >= 0.6 is 0 Å². The summed E-state index contributed by atoms with van der Waals surface area (Å²) in [5.74, 6) is -0.359. The summed E-state index contributed by atoms with van der Waals surface area (Å²) in [5.41, 5.74) is 0.691. The predicted octanol–water partition coefficient (Wildman–Crippen LogP) is 3.18. The van der Waals surface area contributed by atoms with Gasteiger partial charge >= 0.3 is 0 Å². The maximum atomic E-state index is 12.6. The molecule has 5 nitrogen and oxygen atoms in total. The minimum atomic E-state index is -0.825. The van der Waals surface area contributed by atoms with Gasteiger partial charge in [0.05, 0.1) is 0 Å². The Morgan fingerprint density at radius 3 is 2.08 bits per heavy atom. The lowest BCUT2D eigenvalue weighted by Gasteiger charge is -2.08. The van der Waals surface area contributed by atoms with Gasteiger partial charge < -0.3 is 20.5 Å². The topological polar surface area (TPSA) is 78.4 Å². The van der Waals surface area contributed by atoms with Crippen molar-refractivity contribution in [3.05, 3.63) is 54.3 Å². The van der Waals surface area contributed by atoms with Gasteiger partial charge in [-0.1, -0.05) is 0 Å². The van der Waals surface area contributed by atoms with E-state index in [1.54, 1.807) is 12.1 Å². The molecule has 0 atom stereocenters. The molecule has 1 saturated carbocycles. The van der Waals surface area contributed by atoms with Crippen LogP contribution in [0.1, 0.15) is 12.8 Å². The lowest BCUT2D eigenvalue weighted by atomic mass is 10.1. The van der Waals surface area contributed by atoms with E-state index in [9.17, 15) is 14.0 Å². The molecule has 126 valence electrons. The predicted molar refractivity (Wildman–Crippen MR) is 90.4 cm³/mol. The molecule has 1 aliphatic carbocycles. The highest BCUT2D eigenvalue weighted by Crippen LogP contribution is 2.44. The molecule has 6 heteroatoms. The SMILES string of the molecule is CNc1ccc(O)cc1.O=CC1(C(=O)Nc2ccc(F)cc2)CC1. The fraction of sp³-hybridized carbons (Fsp3) is 0.222. The molecule has 1 amide bonds. The molecular formula is C18H19FN2O3. The van der Waals surface area contributed by atoms with Gasteiger partial charge in [-0.15, -0.1) is 0 Å². The standard InChI is InChI=1S/C11H10FNO2.C7H9NO/c12-8-1-3-9(4-2-8)13-10(15)11(7-14)5-6-11;1-8-6-2-4-7(9)5-3-6/h1-4,7H,5-6H2,(H,13,15);2-5,8-9H,1H3. The Kier molecular flexibility index (Phi) is 5.52. The van der Waals surface area contributed by atoms with Gasteiger partial charge in [-0.05, 0) is 61.4 Å². The number of phenolic OH excluding ortho intramolecular Hbond substituents is 1. The highest BCUT2D eigenvalue weighted by molar-refractivity contribution is 6.07. The minimum Gasteiger partial charge on any atom is -0.508 e. The number of hydrogen-bond acceptors (Lipinski definition) is 4. The third-order valence-electron chi connectivity index (χ3n) is 3.72. The van der Waals surface area contributed by atoms with E-state index in [-0.39, 0.29) is 11.7 Å². The van der Waals surface area contributed by atoms with Gasteiger partial charge in [0.2, 0.25) is 5.91 Å². The summed E-state index contributed by atoms with van der Waals surface area (Å²) in [6, 6.07) is 12.4. The number of carbonyl (C=O) groups excluding carboxylic acids is 2. The first kappa shape index (κ1) is 17.5. The normalized spacial score (nSPS) is 13.9. The molecule has 0 unspecified atom stereocenters. The highest BCUT2D eigenvalue weighted by Gasteiger charge is 2.49. The number of nitrogens with one attached hydrogen (secondary N) is 2. The summed E-state index contributed by atoms with van der Waals surface area (Å²) in [6.07, 6.45) is 1.89. The van der Waals surface area contributed by atoms with Crippen molar-refractivity contribution in [1.29, 1.82) is 0 Å². The lowest BCUT2D eigenvalue weighted by molar-refractivity contribution is -0.126. The summed E-state index contributed by atoms with van der Waals surface area (Å²) >= 11 is 0. The number of phenols is 1. The molecule has 0 radical (unpaired) electrons. The second-order valence-electron chi connectivity index (χ2n) is 5.53. The van der Waals surface area contributed by atoms with E-state index in [1.807, 2.05) is 19.2 Å². The molecule has 1 aliphatic rings. The van der Waals surface area contributed by atoms with Crippen LogP contribution in [-0.2, 0) is 9.59 Å². The number of amides is 1. The molecule has 0 saturated heterocycles. The zero-order valence-electron chi connectivity index (χ0n) is 13.3. The van der Waals surface area contributed by atoms with Crippen LogP contribution in [0.4, 0.5) is 15.8 Å². The number of aldehydes is 1. The fourth-order valence-corrected chi connectivity index (χ4v) is 1.95. The Hall–Kier alpha value is -2.89. The van der Waals surface area contributed by atoms with Gasteiger partial charge in [0.25, 0.3) is 0 Å². The second-order valence-corrected chi connectivity index (χ2v) is 5.53. The van der Waals surface area contributed by atoms with Gasteiger partial charge in [0.1, 0.15) is 23.3 Å². The van der Waals surface area contributed by atoms with Crippen molar-refractivity contribution in [2.45, 2.75) is 12.8 Å². The van der Waals surface area contributed by atoms with Gasteiger partial charge in [0.15, 0.2) is 0 Å². The zero-order valence-corrected chi connectivity index (χ0v) is 13.3. The molecule has 3 rings (SSSR count). The zero-order chi connectivity index (χ0) is 17.6. The van der Waals surface area contributed by atoms with Crippen LogP contribution in [0.2, 0.25) is 0 Å². The molecule has 0 heterocycles. The Morgan fingerprint density at radius 2 is 1.62 bits per heavy atom. The van der Waals surface area contributed by atoms with Crippen LogP contribution in [-0.4, -0.2) is 24.3 Å². The van der Waals surface area contributed by atoms with E-state index in [0.29, 0.717) is 30.6 Å². The van der Waals surface area contributed by atoms with Crippen molar-refractivity contribution in [3.8, 4) is 5.75 Å². The molecule has 3 N–H and O–H groups in total. The first-order chi connectivity index (χ1) is 11.5. The van der Waals surface area contributed by atoms with Gasteiger partial charge in [0, 0.05) is 18.4 Å². The van der Waals surface area contributed by atoms with Gasteiger partial charge in [-0.3, -0.25) is 4.79 Å². The summed E-state index contributed by atoms with van der Waals surface area (Å²) in [6.45, 7) is 0. The van der Waals surface area contributed by atoms with E-state index < -0.39 is 5.41 Å². The molecule has 1 fully saturated rings. The molecule has 2 aromatic rings. The average molecular weight is 330 g/mol. The maximum absolute atomic E-state index is 12.6. The van der Waals surface area contributed by atoms with E-state index in [4.69, 9.17) is 5.11 Å². The van der Waals surface area contributed by atoms with Crippen LogP contribution in [0.3, 0.4) is 0 Å². The first-order valence-corrected chi connectivity index (χ1v) is 7.49. The first-order valence-electron chi connectivity index (χ1n) is 7.49. The number of anilines is 2. The Balaban J connectivity index is 0.000000198. The summed E-state index contributed by atoms with van der Waals surface area (Å²) in [5, 5.41) is 14.4. The number of halogens is 1. The van der Waals surface area contributed by atoms with E-state index in [1.165, 1.54) is 24.3 Å². The van der Waals surface area contributed by atoms with Gasteiger partial charge in [-0.2, -0.15) is 0 Å². The average Bonchev–Trinajstić information content (AvgIpc) is 3.40. The third-order valence-corrected chi connectivity index (χ3v) is 3.72. The molecule has 0 spiro atoms. The Bertz CT molecular complexity index is 695. The minimum absolute atomic E-state index is 0.300. The largest absolute Gasteiger partial charge is 0.508 e. The summed E-state index contributed by atoms with van der Waals surface area (Å²) < 4.78 is 12.6. The smallest absolute Gasteiger partial charge is 0.237 e. The van der Waals surface area contributed by atoms with Gasteiger partial charge in [-0.25, -0.2) is 4.39 Å². The van der Waals surface area contributed by atoms with Crippen LogP contribution in [0.15, 0.2) is 48.5 Å². The second kappa shape index (κ2) is 7.59. The summed E-state index contributed by atoms with van der Waals surface area (Å²) in [4.78, 5) is 22.2. The molecule has 0 aromatic heterocycles. The van der Waals surface area contributed by atoms with Crippen LogP contribution in [0, 0.1) is 11.2 Å². The quantitative estimate of drug-likeness (QED) is 0.457. The van der Waals surface area contributed by atoms with E-state index in [0.717, 1.165) is 5.69 Å². The third kappa shape index (κ3) is 4.55. The van der Waals surface area contributed by atoms with Crippen LogP contribution < -0.4 is 10.6 Å². The van der Waals surface area contributed by atoms with E-state index in [2.05, 4.69) is 10.6 Å². The van der Waals surface area contributed by atoms with E-state index >= 15 is 0 Å². The van der Waals surface area contributed by atoms with Crippen molar-refractivity contribution in [2.75, 3.05) is 17.7 Å². The molecule has 24 heavy (non-hydrogen) atoms. The molecule has 2 aromatic carbocycles. The van der Waals surface area contributed by atoms with Crippen molar-refractivity contribution in [1.82, 2.24) is 0 Å². The monoisotopic (exact) mass is 330 g/mol. The number of aromatic hydroxyl groups is 1. The molecular weight excluding hydrogens is 311 g/mol. The number of rotatable bonds is 4. The van der Waals surface area contributed by atoms with Crippen LogP contribution in [0.5, 0.6) is 5.75 Å².